The minimum atomic E-state index is 0.150. The van der Waals surface area contributed by atoms with Crippen molar-refractivity contribution in [2.75, 3.05) is 18.0 Å². The lowest BCUT2D eigenvalue weighted by Gasteiger charge is -2.32. The number of carbonyl (C=O) groups excluding carboxylic acids is 1. The van der Waals surface area contributed by atoms with Crippen LogP contribution in [0.4, 0.5) is 5.69 Å². The molecule has 21 heavy (non-hydrogen) atoms. The summed E-state index contributed by atoms with van der Waals surface area (Å²) in [6.07, 6.45) is 6.10. The Morgan fingerprint density at radius 2 is 2.00 bits per heavy atom. The predicted molar refractivity (Wildman–Crippen MR) is 85.4 cm³/mol. The molecule has 2 fully saturated rings. The summed E-state index contributed by atoms with van der Waals surface area (Å²) in [5.74, 6) is 0.150. The normalized spacial score (nSPS) is 20.1. The van der Waals surface area contributed by atoms with Crippen LogP contribution in [0.2, 0.25) is 0 Å². The molecule has 4 heteroatoms. The molecule has 0 radical (unpaired) electrons. The van der Waals surface area contributed by atoms with Crippen LogP contribution < -0.4 is 16.0 Å². The number of nitrogens with two attached hydrogens (primary N) is 1. The Bertz CT molecular complexity index is 491. The van der Waals surface area contributed by atoms with Crippen molar-refractivity contribution in [3.8, 4) is 0 Å². The Morgan fingerprint density at radius 1 is 1.24 bits per heavy atom. The average Bonchev–Trinajstić information content (AvgIpc) is 2.44. The zero-order valence-electron chi connectivity index (χ0n) is 12.6. The maximum Gasteiger partial charge on any atom is 0.224 e. The van der Waals surface area contributed by atoms with E-state index in [1.54, 1.807) is 0 Å². The van der Waals surface area contributed by atoms with Crippen molar-refractivity contribution in [2.45, 2.75) is 50.6 Å². The van der Waals surface area contributed by atoms with Crippen molar-refractivity contribution in [1.82, 2.24) is 5.32 Å². The molecular weight excluding hydrogens is 262 g/mol. The van der Waals surface area contributed by atoms with E-state index in [1.807, 2.05) is 6.07 Å². The number of amides is 1. The summed E-state index contributed by atoms with van der Waals surface area (Å²) in [6, 6.07) is 9.14. The van der Waals surface area contributed by atoms with Gasteiger partial charge in [0.05, 0.1) is 6.42 Å². The Labute approximate surface area is 126 Å². The number of hydrogen-bond donors (Lipinski definition) is 2. The monoisotopic (exact) mass is 287 g/mol. The first-order valence-corrected chi connectivity index (χ1v) is 8.09. The molecule has 0 bridgehead atoms. The molecule has 1 heterocycles. The van der Waals surface area contributed by atoms with Crippen molar-refractivity contribution in [3.05, 3.63) is 29.8 Å². The standard InChI is InChI=1S/C17H25N3O/c18-14-7-9-20(10-8-14)16-6-1-3-13(11-16)12-17(21)19-15-4-2-5-15/h1,3,6,11,14-15H,2,4-5,7-10,12,18H2,(H,19,21). The molecule has 1 amide bonds. The van der Waals surface area contributed by atoms with Gasteiger partial charge in [0.25, 0.3) is 0 Å². The van der Waals surface area contributed by atoms with E-state index >= 15 is 0 Å². The molecule has 1 aliphatic carbocycles. The van der Waals surface area contributed by atoms with E-state index in [0.717, 1.165) is 44.3 Å². The van der Waals surface area contributed by atoms with E-state index in [9.17, 15) is 4.79 Å². The van der Waals surface area contributed by atoms with Crippen LogP contribution in [0.25, 0.3) is 0 Å². The largest absolute Gasteiger partial charge is 0.371 e. The second kappa shape index (κ2) is 6.48. The van der Waals surface area contributed by atoms with Crippen LogP contribution in [-0.2, 0) is 11.2 Å². The number of nitrogens with zero attached hydrogens (tertiary/aromatic N) is 1. The van der Waals surface area contributed by atoms with E-state index in [4.69, 9.17) is 5.73 Å². The molecule has 3 N–H and O–H groups in total. The zero-order chi connectivity index (χ0) is 14.7. The molecule has 1 saturated heterocycles. The van der Waals surface area contributed by atoms with E-state index < -0.39 is 0 Å². The lowest BCUT2D eigenvalue weighted by atomic mass is 9.93. The second-order valence-electron chi connectivity index (χ2n) is 6.37. The van der Waals surface area contributed by atoms with E-state index in [1.165, 1.54) is 12.1 Å². The van der Waals surface area contributed by atoms with E-state index in [2.05, 4.69) is 28.4 Å². The molecule has 1 aromatic carbocycles. The number of piperidine rings is 1. The molecule has 0 aromatic heterocycles. The Balaban J connectivity index is 1.58. The Kier molecular flexibility index (Phi) is 4.44. The van der Waals surface area contributed by atoms with Gasteiger partial charge in [0.15, 0.2) is 0 Å². The molecule has 0 atom stereocenters. The molecule has 3 rings (SSSR count). The van der Waals surface area contributed by atoms with Crippen LogP contribution in [0.3, 0.4) is 0 Å². The summed E-state index contributed by atoms with van der Waals surface area (Å²) in [6.45, 7) is 2.03. The number of anilines is 1. The topological polar surface area (TPSA) is 58.4 Å². The summed E-state index contributed by atoms with van der Waals surface area (Å²) in [5.41, 5.74) is 8.27. The van der Waals surface area contributed by atoms with Gasteiger partial charge in [-0.2, -0.15) is 0 Å². The van der Waals surface area contributed by atoms with Gasteiger partial charge >= 0.3 is 0 Å². The fraction of sp³-hybridized carbons (Fsp3) is 0.588. The SMILES string of the molecule is NC1CCN(c2cccc(CC(=O)NC3CCC3)c2)CC1. The molecule has 114 valence electrons. The summed E-state index contributed by atoms with van der Waals surface area (Å²) in [5, 5.41) is 3.10. The zero-order valence-corrected chi connectivity index (χ0v) is 12.6. The quantitative estimate of drug-likeness (QED) is 0.888. The van der Waals surface area contributed by atoms with Crippen LogP contribution in [0.15, 0.2) is 24.3 Å². The Morgan fingerprint density at radius 3 is 2.67 bits per heavy atom. The van der Waals surface area contributed by atoms with E-state index in [0.29, 0.717) is 18.5 Å². The fourth-order valence-corrected chi connectivity index (χ4v) is 3.04. The molecule has 1 aromatic rings. The molecule has 1 aliphatic heterocycles. The van der Waals surface area contributed by atoms with Crippen molar-refractivity contribution < 1.29 is 4.79 Å². The van der Waals surface area contributed by atoms with Crippen molar-refractivity contribution in [3.63, 3.8) is 0 Å². The van der Waals surface area contributed by atoms with E-state index in [-0.39, 0.29) is 5.91 Å². The van der Waals surface area contributed by atoms with Gasteiger partial charge in [-0.25, -0.2) is 0 Å². The molecule has 0 unspecified atom stereocenters. The van der Waals surface area contributed by atoms with Crippen LogP contribution in [0.5, 0.6) is 0 Å². The van der Waals surface area contributed by atoms with Gasteiger partial charge in [-0.05, 0) is 49.8 Å². The van der Waals surface area contributed by atoms with Crippen LogP contribution in [-0.4, -0.2) is 31.1 Å². The predicted octanol–water partition coefficient (Wildman–Crippen LogP) is 1.83. The highest BCUT2D eigenvalue weighted by atomic mass is 16.1. The van der Waals surface area contributed by atoms with Crippen molar-refractivity contribution in [1.29, 1.82) is 0 Å². The third-order valence-corrected chi connectivity index (χ3v) is 4.65. The van der Waals surface area contributed by atoms with Gasteiger partial charge in [0, 0.05) is 30.9 Å². The third kappa shape index (κ3) is 3.76. The third-order valence-electron chi connectivity index (χ3n) is 4.65. The van der Waals surface area contributed by atoms with Gasteiger partial charge in [-0.1, -0.05) is 12.1 Å². The highest BCUT2D eigenvalue weighted by Gasteiger charge is 2.20. The Hall–Kier alpha value is -1.55. The molecule has 4 nitrogen and oxygen atoms in total. The van der Waals surface area contributed by atoms with Gasteiger partial charge < -0.3 is 16.0 Å². The van der Waals surface area contributed by atoms with Gasteiger partial charge in [0.2, 0.25) is 5.91 Å². The lowest BCUT2D eigenvalue weighted by Crippen LogP contribution is -2.40. The minimum Gasteiger partial charge on any atom is -0.371 e. The van der Waals surface area contributed by atoms with Crippen LogP contribution >= 0.6 is 0 Å². The first kappa shape index (κ1) is 14.4. The maximum absolute atomic E-state index is 12.0. The first-order valence-electron chi connectivity index (χ1n) is 8.09. The average molecular weight is 287 g/mol. The number of carbonyl (C=O) groups is 1. The highest BCUT2D eigenvalue weighted by Crippen LogP contribution is 2.21. The minimum absolute atomic E-state index is 0.150. The summed E-state index contributed by atoms with van der Waals surface area (Å²) < 4.78 is 0. The molecule has 2 aliphatic rings. The summed E-state index contributed by atoms with van der Waals surface area (Å²) in [4.78, 5) is 14.4. The van der Waals surface area contributed by atoms with Crippen LogP contribution in [0, 0.1) is 0 Å². The van der Waals surface area contributed by atoms with Gasteiger partial charge in [-0.3, -0.25) is 4.79 Å². The number of rotatable bonds is 4. The smallest absolute Gasteiger partial charge is 0.224 e. The van der Waals surface area contributed by atoms with Crippen LogP contribution in [0.1, 0.15) is 37.7 Å². The number of benzene rings is 1. The van der Waals surface area contributed by atoms with Crippen molar-refractivity contribution >= 4 is 11.6 Å². The molecular formula is C17H25N3O. The second-order valence-corrected chi connectivity index (χ2v) is 6.37. The van der Waals surface area contributed by atoms with Gasteiger partial charge in [-0.15, -0.1) is 0 Å². The number of hydrogen-bond acceptors (Lipinski definition) is 3. The highest BCUT2D eigenvalue weighted by molar-refractivity contribution is 5.79. The fourth-order valence-electron chi connectivity index (χ4n) is 3.04. The van der Waals surface area contributed by atoms with Gasteiger partial charge in [0.1, 0.15) is 0 Å². The first-order chi connectivity index (χ1) is 10.2. The summed E-state index contributed by atoms with van der Waals surface area (Å²) >= 11 is 0. The lowest BCUT2D eigenvalue weighted by molar-refractivity contribution is -0.121. The summed E-state index contributed by atoms with van der Waals surface area (Å²) in [7, 11) is 0. The maximum atomic E-state index is 12.0. The molecule has 1 saturated carbocycles. The molecule has 0 spiro atoms. The number of nitrogens with one attached hydrogen (secondary N) is 1. The van der Waals surface area contributed by atoms with Crippen molar-refractivity contribution in [2.24, 2.45) is 5.73 Å².